The van der Waals surface area contributed by atoms with Crippen LogP contribution in [0.15, 0.2) is 34.8 Å². The molecule has 0 aliphatic carbocycles. The van der Waals surface area contributed by atoms with E-state index < -0.39 is 11.5 Å². The monoisotopic (exact) mass is 322 g/mol. The van der Waals surface area contributed by atoms with Crippen LogP contribution in [0, 0.1) is 0 Å². The average molecular weight is 323 g/mol. The first-order valence-corrected chi connectivity index (χ1v) is 6.23. The highest BCUT2D eigenvalue weighted by molar-refractivity contribution is 9.10. The van der Waals surface area contributed by atoms with E-state index in [1.165, 1.54) is 7.11 Å². The van der Waals surface area contributed by atoms with Crippen molar-refractivity contribution in [1.29, 1.82) is 0 Å². The third-order valence-electron chi connectivity index (χ3n) is 2.77. The normalized spacial score (nSPS) is 10.2. The molecule has 5 heteroatoms. The molecule has 0 amide bonds. The average Bonchev–Trinajstić information content (AvgIpc) is 2.44. The Morgan fingerprint density at radius 1 is 1.16 bits per heavy atom. The largest absolute Gasteiger partial charge is 0.504 e. The summed E-state index contributed by atoms with van der Waals surface area (Å²) < 4.78 is 5.46. The molecule has 0 aromatic heterocycles. The van der Waals surface area contributed by atoms with Gasteiger partial charge in [0.05, 0.1) is 17.1 Å². The summed E-state index contributed by atoms with van der Waals surface area (Å²) in [6.45, 7) is 0. The van der Waals surface area contributed by atoms with Gasteiger partial charge in [-0.2, -0.15) is 0 Å². The van der Waals surface area contributed by atoms with E-state index in [1.54, 1.807) is 12.1 Å². The van der Waals surface area contributed by atoms with E-state index in [4.69, 9.17) is 4.74 Å². The molecule has 0 unspecified atom stereocenters. The number of phenolic OH excluding ortho intramolecular Hbond substituents is 2. The maximum atomic E-state index is 11.2. The van der Waals surface area contributed by atoms with Crippen LogP contribution in [-0.2, 0) is 0 Å². The lowest BCUT2D eigenvalue weighted by molar-refractivity contribution is 0.112. The molecule has 0 aliphatic rings. The molecule has 0 aliphatic heterocycles. The number of methoxy groups -OCH3 is 1. The molecule has 0 fully saturated rings. The standard InChI is InChI=1S/C14H11BrO4/c1-19-14-11(15)10(8-5-3-2-4-6-8)9(7-16)12(17)13(14)18/h2-7,17-18H,1H3. The molecule has 2 rings (SSSR count). The molecule has 0 atom stereocenters. The topological polar surface area (TPSA) is 66.8 Å². The van der Waals surface area contributed by atoms with Gasteiger partial charge in [0.2, 0.25) is 5.75 Å². The molecule has 98 valence electrons. The van der Waals surface area contributed by atoms with Gasteiger partial charge in [0.15, 0.2) is 17.8 Å². The molecule has 0 bridgehead atoms. The molecule has 0 heterocycles. The van der Waals surface area contributed by atoms with Gasteiger partial charge < -0.3 is 14.9 Å². The number of aromatic hydroxyl groups is 2. The molecule has 0 saturated heterocycles. The van der Waals surface area contributed by atoms with Crippen LogP contribution >= 0.6 is 15.9 Å². The van der Waals surface area contributed by atoms with E-state index in [9.17, 15) is 15.0 Å². The number of benzene rings is 2. The molecule has 2 aromatic carbocycles. The molecule has 0 saturated carbocycles. The summed E-state index contributed by atoms with van der Waals surface area (Å²) in [5.74, 6) is -0.869. The van der Waals surface area contributed by atoms with E-state index >= 15 is 0 Å². The second kappa shape index (κ2) is 5.32. The number of hydrogen-bond acceptors (Lipinski definition) is 4. The Hall–Kier alpha value is -2.01. The van der Waals surface area contributed by atoms with Crippen molar-refractivity contribution < 1.29 is 19.7 Å². The predicted octanol–water partition coefficient (Wildman–Crippen LogP) is 3.35. The maximum Gasteiger partial charge on any atom is 0.202 e. The van der Waals surface area contributed by atoms with Crippen LogP contribution in [0.2, 0.25) is 0 Å². The summed E-state index contributed by atoms with van der Waals surface area (Å²) in [5.41, 5.74) is 1.21. The number of carbonyl (C=O) groups excluding carboxylic acids is 1. The highest BCUT2D eigenvalue weighted by atomic mass is 79.9. The van der Waals surface area contributed by atoms with Crippen molar-refractivity contribution >= 4 is 22.2 Å². The number of halogens is 1. The van der Waals surface area contributed by atoms with Gasteiger partial charge >= 0.3 is 0 Å². The van der Waals surface area contributed by atoms with Crippen LogP contribution in [-0.4, -0.2) is 23.6 Å². The minimum Gasteiger partial charge on any atom is -0.504 e. The molecular formula is C14H11BrO4. The van der Waals surface area contributed by atoms with Crippen LogP contribution in [0.25, 0.3) is 11.1 Å². The van der Waals surface area contributed by atoms with Crippen molar-refractivity contribution in [2.75, 3.05) is 7.11 Å². The summed E-state index contributed by atoms with van der Waals surface area (Å²) in [6.07, 6.45) is 0.502. The minimum atomic E-state index is -0.492. The maximum absolute atomic E-state index is 11.2. The first-order valence-electron chi connectivity index (χ1n) is 5.43. The van der Waals surface area contributed by atoms with Crippen LogP contribution in [0.1, 0.15) is 10.4 Å². The van der Waals surface area contributed by atoms with Crippen LogP contribution in [0.4, 0.5) is 0 Å². The van der Waals surface area contributed by atoms with E-state index in [0.717, 1.165) is 5.56 Å². The smallest absolute Gasteiger partial charge is 0.202 e. The minimum absolute atomic E-state index is 0.0105. The molecule has 2 N–H and O–H groups in total. The summed E-state index contributed by atoms with van der Waals surface area (Å²) >= 11 is 3.30. The Balaban J connectivity index is 2.86. The van der Waals surface area contributed by atoms with Crippen LogP contribution in [0.3, 0.4) is 0 Å². The summed E-state index contributed by atoms with van der Waals surface area (Å²) in [6, 6.07) is 9.06. The number of carbonyl (C=O) groups is 1. The van der Waals surface area contributed by atoms with Gasteiger partial charge in [-0.15, -0.1) is 0 Å². The third kappa shape index (κ3) is 2.17. The van der Waals surface area contributed by atoms with Gasteiger partial charge in [-0.05, 0) is 21.5 Å². The van der Waals surface area contributed by atoms with Gasteiger partial charge in [-0.25, -0.2) is 0 Å². The number of ether oxygens (including phenoxy) is 1. The lowest BCUT2D eigenvalue weighted by Crippen LogP contribution is -1.95. The first-order chi connectivity index (χ1) is 9.11. The van der Waals surface area contributed by atoms with Gasteiger partial charge in [0.25, 0.3) is 0 Å². The zero-order chi connectivity index (χ0) is 14.0. The van der Waals surface area contributed by atoms with Gasteiger partial charge in [0.1, 0.15) is 0 Å². The lowest BCUT2D eigenvalue weighted by Gasteiger charge is -2.15. The fourth-order valence-corrected chi connectivity index (χ4v) is 2.67. The molecular weight excluding hydrogens is 312 g/mol. The summed E-state index contributed by atoms with van der Waals surface area (Å²) in [4.78, 5) is 11.2. The Bertz CT molecular complexity index is 623. The summed E-state index contributed by atoms with van der Waals surface area (Å²) in [7, 11) is 1.37. The second-order valence-corrected chi connectivity index (χ2v) is 4.61. The fourth-order valence-electron chi connectivity index (χ4n) is 1.88. The second-order valence-electron chi connectivity index (χ2n) is 3.82. The Morgan fingerprint density at radius 3 is 2.32 bits per heavy atom. The SMILES string of the molecule is COc1c(O)c(O)c(C=O)c(-c2ccccc2)c1Br. The predicted molar refractivity (Wildman–Crippen MR) is 74.8 cm³/mol. The van der Waals surface area contributed by atoms with Gasteiger partial charge in [0, 0.05) is 5.56 Å². The van der Waals surface area contributed by atoms with Gasteiger partial charge in [-0.1, -0.05) is 30.3 Å². The van der Waals surface area contributed by atoms with Crippen molar-refractivity contribution in [3.8, 4) is 28.4 Å². The van der Waals surface area contributed by atoms with Crippen molar-refractivity contribution in [2.24, 2.45) is 0 Å². The fraction of sp³-hybridized carbons (Fsp3) is 0.0714. The Labute approximate surface area is 118 Å². The molecule has 4 nitrogen and oxygen atoms in total. The highest BCUT2D eigenvalue weighted by Gasteiger charge is 2.23. The van der Waals surface area contributed by atoms with Gasteiger partial charge in [-0.3, -0.25) is 4.79 Å². The quantitative estimate of drug-likeness (QED) is 0.671. The number of rotatable bonds is 3. The lowest BCUT2D eigenvalue weighted by atomic mass is 9.98. The van der Waals surface area contributed by atoms with Crippen molar-refractivity contribution in [3.05, 3.63) is 40.4 Å². The van der Waals surface area contributed by atoms with E-state index in [2.05, 4.69) is 15.9 Å². The van der Waals surface area contributed by atoms with Crippen LogP contribution in [0.5, 0.6) is 17.2 Å². The third-order valence-corrected chi connectivity index (χ3v) is 3.52. The zero-order valence-corrected chi connectivity index (χ0v) is 11.6. The molecule has 19 heavy (non-hydrogen) atoms. The zero-order valence-electron chi connectivity index (χ0n) is 10.1. The first kappa shape index (κ1) is 13.4. The molecule has 0 spiro atoms. The molecule has 0 radical (unpaired) electrons. The van der Waals surface area contributed by atoms with Crippen molar-refractivity contribution in [2.45, 2.75) is 0 Å². The number of aldehydes is 1. The van der Waals surface area contributed by atoms with Crippen molar-refractivity contribution in [1.82, 2.24) is 0 Å². The van der Waals surface area contributed by atoms with E-state index in [1.807, 2.05) is 18.2 Å². The summed E-state index contributed by atoms with van der Waals surface area (Å²) in [5, 5.41) is 19.7. The van der Waals surface area contributed by atoms with Crippen molar-refractivity contribution in [3.63, 3.8) is 0 Å². The number of hydrogen-bond donors (Lipinski definition) is 2. The Kier molecular flexibility index (Phi) is 3.76. The van der Waals surface area contributed by atoms with Crippen LogP contribution < -0.4 is 4.74 Å². The molecule has 2 aromatic rings. The Morgan fingerprint density at radius 2 is 1.79 bits per heavy atom. The number of phenols is 2. The highest BCUT2D eigenvalue weighted by Crippen LogP contribution is 2.49. The van der Waals surface area contributed by atoms with E-state index in [-0.39, 0.29) is 11.3 Å². The van der Waals surface area contributed by atoms with E-state index in [0.29, 0.717) is 16.3 Å².